The van der Waals surface area contributed by atoms with Gasteiger partial charge >= 0.3 is 0 Å². The predicted octanol–water partition coefficient (Wildman–Crippen LogP) is 4.22. The number of aryl methyl sites for hydroxylation is 1. The number of ketones is 1. The summed E-state index contributed by atoms with van der Waals surface area (Å²) in [5, 5.41) is 0. The van der Waals surface area contributed by atoms with Gasteiger partial charge in [-0.25, -0.2) is 0 Å². The van der Waals surface area contributed by atoms with Gasteiger partial charge in [0.15, 0.2) is 5.78 Å². The lowest BCUT2D eigenvalue weighted by Gasteiger charge is -2.15. The third-order valence-corrected chi connectivity index (χ3v) is 2.81. The highest BCUT2D eigenvalue weighted by Gasteiger charge is 2.14. The van der Waals surface area contributed by atoms with Crippen LogP contribution >= 0.6 is 0 Å². The Morgan fingerprint density at radius 1 is 1.14 bits per heavy atom. The number of carbonyl (C=O) groups is 1. The molecule has 0 amide bonds. The van der Waals surface area contributed by atoms with Crippen molar-refractivity contribution in [1.82, 2.24) is 0 Å². The summed E-state index contributed by atoms with van der Waals surface area (Å²) in [4.78, 5) is 13.1. The first-order valence-corrected chi connectivity index (χ1v) is 6.13. The van der Waals surface area contributed by atoms with E-state index in [9.17, 15) is 4.79 Å². The van der Waals surface area contributed by atoms with Crippen LogP contribution in [-0.4, -0.2) is 18.9 Å². The number of rotatable bonds is 7. The lowest BCUT2D eigenvalue weighted by atomic mass is 10.0. The minimum Gasteiger partial charge on any atom is -0.494 e. The van der Waals surface area contributed by atoms with Gasteiger partial charge in [0.2, 0.25) is 0 Å². The third kappa shape index (κ3) is 3.88. The third-order valence-electron chi connectivity index (χ3n) is 2.81. The van der Waals surface area contributed by atoms with E-state index in [-0.39, 0.29) is 11.1 Å². The fourth-order valence-electron chi connectivity index (χ4n) is 1.81. The summed E-state index contributed by atoms with van der Waals surface area (Å²) in [6.45, 7) is -11.6. The van der Waals surface area contributed by atoms with Crippen molar-refractivity contribution in [2.24, 2.45) is 0 Å². The summed E-state index contributed by atoms with van der Waals surface area (Å²) >= 11 is 0. The van der Waals surface area contributed by atoms with E-state index in [1.807, 2.05) is 0 Å². The molecule has 0 saturated carbocycles. The van der Waals surface area contributed by atoms with Gasteiger partial charge in [-0.1, -0.05) is 30.2 Å². The van der Waals surface area contributed by atoms with Crippen molar-refractivity contribution in [3.05, 3.63) is 59.0 Å². The molecule has 0 heterocycles. The standard InChI is InChI=1S/C19H22O3/c1-4-21-18-13-16(19(22-5-2)11-14(18)3)12-17(20)15-9-7-6-8-10-15/h6-11,13H,4-5,12H2,1-3H3/i1D3,2D3,4D2,5D2,6D,7D,8D,9D,10D. The van der Waals surface area contributed by atoms with E-state index in [1.54, 1.807) is 0 Å². The zero-order valence-corrected chi connectivity index (χ0v) is 11.6. The Bertz CT molecular complexity index is 1190. The molecule has 0 fully saturated rings. The molecular weight excluding hydrogens is 276 g/mol. The zero-order chi connectivity index (χ0) is 28.9. The second-order valence-corrected chi connectivity index (χ2v) is 4.23. The lowest BCUT2D eigenvalue weighted by Crippen LogP contribution is -2.07. The Labute approximate surface area is 153 Å². The molecule has 0 bridgehead atoms. The van der Waals surface area contributed by atoms with Crippen LogP contribution in [0.5, 0.6) is 11.5 Å². The van der Waals surface area contributed by atoms with E-state index in [1.165, 1.54) is 6.92 Å². The fraction of sp³-hybridized carbons (Fsp3) is 0.316. The SMILES string of the molecule is [2H]c1c([2H])c([2H])c(C(=O)Cc2cc(OC([2H])([2H])C([2H])([2H])[2H])c(C)cc2OC([2H])([2H])C([2H])([2H])[2H])c([2H])c1[2H]. The Kier molecular flexibility index (Phi) is 1.88. The number of ether oxygens (including phenoxy) is 2. The van der Waals surface area contributed by atoms with Crippen molar-refractivity contribution in [3.63, 3.8) is 0 Å². The fourth-order valence-corrected chi connectivity index (χ4v) is 1.81. The molecule has 116 valence electrons. The summed E-state index contributed by atoms with van der Waals surface area (Å²) < 4.78 is 124. The molecule has 0 aliphatic carbocycles. The molecule has 0 atom stereocenters. The normalized spacial score (nSPS) is 22.7. The second-order valence-electron chi connectivity index (χ2n) is 4.23. The van der Waals surface area contributed by atoms with Crippen molar-refractivity contribution < 1.29 is 34.8 Å². The van der Waals surface area contributed by atoms with E-state index in [0.29, 0.717) is 0 Å². The Morgan fingerprint density at radius 3 is 2.50 bits per heavy atom. The molecule has 0 unspecified atom stereocenters. The molecule has 2 aromatic carbocycles. The van der Waals surface area contributed by atoms with E-state index in [4.69, 9.17) is 30.0 Å². The number of hydrogen-bond acceptors (Lipinski definition) is 3. The first-order chi connectivity index (χ1) is 16.5. The van der Waals surface area contributed by atoms with Crippen LogP contribution in [0.4, 0.5) is 0 Å². The number of carbonyl (C=O) groups excluding carboxylic acids is 1. The first kappa shape index (κ1) is 5.41. The molecule has 0 aromatic heterocycles. The molecule has 3 nitrogen and oxygen atoms in total. The van der Waals surface area contributed by atoms with Crippen LogP contribution in [-0.2, 0) is 6.42 Å². The molecule has 0 spiro atoms. The number of hydrogen-bond donors (Lipinski definition) is 0. The topological polar surface area (TPSA) is 35.5 Å². The van der Waals surface area contributed by atoms with Gasteiger partial charge < -0.3 is 9.47 Å². The van der Waals surface area contributed by atoms with Crippen molar-refractivity contribution in [2.75, 3.05) is 13.1 Å². The van der Waals surface area contributed by atoms with Crippen LogP contribution in [0.25, 0.3) is 0 Å². The highest BCUT2D eigenvalue weighted by Crippen LogP contribution is 2.29. The summed E-state index contributed by atoms with van der Waals surface area (Å²) in [5.74, 6) is -1.95. The van der Waals surface area contributed by atoms with Crippen LogP contribution in [0.1, 0.15) is 55.8 Å². The van der Waals surface area contributed by atoms with Gasteiger partial charge in [0.05, 0.1) is 25.5 Å². The van der Waals surface area contributed by atoms with Gasteiger partial charge in [0, 0.05) is 25.8 Å². The molecule has 0 aliphatic heterocycles. The largest absolute Gasteiger partial charge is 0.494 e. The first-order valence-electron chi connectivity index (χ1n) is 13.6. The highest BCUT2D eigenvalue weighted by molar-refractivity contribution is 5.97. The monoisotopic (exact) mass is 313 g/mol. The quantitative estimate of drug-likeness (QED) is 0.718. The average Bonchev–Trinajstić information content (AvgIpc) is 2.72. The average molecular weight is 313 g/mol. The van der Waals surface area contributed by atoms with Gasteiger partial charge in [-0.05, 0) is 38.3 Å². The van der Waals surface area contributed by atoms with E-state index in [0.717, 1.165) is 12.1 Å². The summed E-state index contributed by atoms with van der Waals surface area (Å²) in [7, 11) is 0. The zero-order valence-electron chi connectivity index (χ0n) is 26.6. The maximum absolute atomic E-state index is 13.1. The molecular formula is C19H22O3. The minimum atomic E-state index is -3.27. The van der Waals surface area contributed by atoms with Gasteiger partial charge in [-0.2, -0.15) is 0 Å². The molecule has 22 heavy (non-hydrogen) atoms. The van der Waals surface area contributed by atoms with Gasteiger partial charge in [-0.15, -0.1) is 0 Å². The summed E-state index contributed by atoms with van der Waals surface area (Å²) in [5.41, 5.74) is -1.01. The molecule has 2 rings (SSSR count). The van der Waals surface area contributed by atoms with Crippen LogP contribution in [0, 0.1) is 6.92 Å². The summed E-state index contributed by atoms with van der Waals surface area (Å²) in [6.07, 6.45) is -0.826. The number of benzene rings is 2. The Balaban J connectivity index is 2.69. The minimum absolute atomic E-state index is 0.00322. The van der Waals surface area contributed by atoms with Crippen LogP contribution in [0.15, 0.2) is 42.3 Å². The maximum atomic E-state index is 13.1. The van der Waals surface area contributed by atoms with Crippen molar-refractivity contribution in [3.8, 4) is 11.5 Å². The molecule has 0 aliphatic rings. The van der Waals surface area contributed by atoms with E-state index in [2.05, 4.69) is 0 Å². The Hall–Kier alpha value is -2.29. The van der Waals surface area contributed by atoms with E-state index < -0.39 is 86.3 Å². The Morgan fingerprint density at radius 2 is 1.82 bits per heavy atom. The lowest BCUT2D eigenvalue weighted by molar-refractivity contribution is 0.0991. The highest BCUT2D eigenvalue weighted by atomic mass is 16.5. The van der Waals surface area contributed by atoms with Gasteiger partial charge in [-0.3, -0.25) is 4.79 Å². The van der Waals surface area contributed by atoms with Crippen molar-refractivity contribution in [1.29, 1.82) is 0 Å². The predicted molar refractivity (Wildman–Crippen MR) is 88.0 cm³/mol. The molecule has 3 heteroatoms. The van der Waals surface area contributed by atoms with Crippen molar-refractivity contribution in [2.45, 2.75) is 27.0 Å². The maximum Gasteiger partial charge on any atom is 0.167 e. The van der Waals surface area contributed by atoms with Gasteiger partial charge in [0.1, 0.15) is 11.5 Å². The van der Waals surface area contributed by atoms with Gasteiger partial charge in [0.25, 0.3) is 0 Å². The van der Waals surface area contributed by atoms with Crippen LogP contribution in [0.2, 0.25) is 0 Å². The molecule has 0 N–H and O–H groups in total. The van der Waals surface area contributed by atoms with E-state index >= 15 is 0 Å². The molecule has 0 radical (unpaired) electrons. The molecule has 2 aromatic rings. The van der Waals surface area contributed by atoms with Crippen molar-refractivity contribution >= 4 is 5.78 Å². The summed E-state index contributed by atoms with van der Waals surface area (Å²) in [6, 6.07) is -1.95. The smallest absolute Gasteiger partial charge is 0.167 e. The second kappa shape index (κ2) is 7.64. The molecule has 0 saturated heterocycles. The van der Waals surface area contributed by atoms with Crippen LogP contribution in [0.3, 0.4) is 0 Å². The number of Topliss-reactive ketones (excluding diaryl/α,β-unsaturated/α-hetero) is 1. The van der Waals surface area contributed by atoms with Crippen LogP contribution < -0.4 is 9.47 Å².